The van der Waals surface area contributed by atoms with Gasteiger partial charge in [0.15, 0.2) is 0 Å². The molecule has 1 saturated carbocycles. The van der Waals surface area contributed by atoms with Crippen molar-refractivity contribution in [3.8, 4) is 0 Å². The lowest BCUT2D eigenvalue weighted by Crippen LogP contribution is -2.38. The summed E-state index contributed by atoms with van der Waals surface area (Å²) >= 11 is 3.49. The smallest absolute Gasteiger partial charge is 0.251 e. The number of carbonyl (C=O) groups excluding carboxylic acids is 2. The lowest BCUT2D eigenvalue weighted by Gasteiger charge is -2.30. The summed E-state index contributed by atoms with van der Waals surface area (Å²) in [6, 6.07) is 15.1. The number of hydrogen-bond donors (Lipinski definition) is 1. The summed E-state index contributed by atoms with van der Waals surface area (Å²) in [6.07, 6.45) is 3.41. The fourth-order valence-corrected chi connectivity index (χ4v) is 3.83. The number of nitrogens with one attached hydrogen (secondary N) is 1. The first-order valence-electron chi connectivity index (χ1n) is 8.70. The van der Waals surface area contributed by atoms with Gasteiger partial charge in [-0.05, 0) is 49.6 Å². The Hall–Kier alpha value is -1.94. The van der Waals surface area contributed by atoms with E-state index < -0.39 is 0 Å². The Balaban J connectivity index is 1.89. The van der Waals surface area contributed by atoms with Crippen molar-refractivity contribution in [2.24, 2.45) is 5.92 Å². The molecule has 2 aromatic carbocycles. The van der Waals surface area contributed by atoms with Gasteiger partial charge >= 0.3 is 0 Å². The van der Waals surface area contributed by atoms with Crippen molar-refractivity contribution in [1.29, 1.82) is 0 Å². The molecule has 1 N–H and O–H groups in total. The van der Waals surface area contributed by atoms with E-state index in [-0.39, 0.29) is 23.7 Å². The van der Waals surface area contributed by atoms with E-state index in [0.29, 0.717) is 12.0 Å². The van der Waals surface area contributed by atoms with Crippen LogP contribution in [0.1, 0.15) is 53.2 Å². The summed E-state index contributed by atoms with van der Waals surface area (Å²) in [5.41, 5.74) is 2.70. The molecule has 0 saturated heterocycles. The Morgan fingerprint density at radius 2 is 1.92 bits per heavy atom. The van der Waals surface area contributed by atoms with Gasteiger partial charge in [-0.2, -0.15) is 0 Å². The SMILES string of the molecule is Cc1ccc(C(=O)NC(c2cccc(Br)c2)C2CCCCC2=O)cc1. The quantitative estimate of drug-likeness (QED) is 0.786. The van der Waals surface area contributed by atoms with Crippen molar-refractivity contribution < 1.29 is 9.59 Å². The fourth-order valence-electron chi connectivity index (χ4n) is 3.41. The second kappa shape index (κ2) is 7.96. The molecule has 1 aliphatic rings. The first-order valence-corrected chi connectivity index (χ1v) is 9.49. The van der Waals surface area contributed by atoms with Crippen LogP contribution in [0.5, 0.6) is 0 Å². The van der Waals surface area contributed by atoms with Gasteiger partial charge in [0, 0.05) is 22.4 Å². The predicted molar refractivity (Wildman–Crippen MR) is 102 cm³/mol. The third kappa shape index (κ3) is 4.37. The van der Waals surface area contributed by atoms with Crippen LogP contribution in [-0.2, 0) is 4.79 Å². The molecular weight excluding hydrogens is 378 g/mol. The van der Waals surface area contributed by atoms with E-state index >= 15 is 0 Å². The average molecular weight is 400 g/mol. The molecule has 25 heavy (non-hydrogen) atoms. The molecule has 1 amide bonds. The largest absolute Gasteiger partial charge is 0.345 e. The first-order chi connectivity index (χ1) is 12.0. The number of halogens is 1. The van der Waals surface area contributed by atoms with Crippen molar-refractivity contribution in [3.05, 3.63) is 69.7 Å². The number of benzene rings is 2. The van der Waals surface area contributed by atoms with Gasteiger partial charge in [0.05, 0.1) is 6.04 Å². The summed E-state index contributed by atoms with van der Waals surface area (Å²) in [7, 11) is 0. The van der Waals surface area contributed by atoms with Gasteiger partial charge in [0.25, 0.3) is 5.91 Å². The maximum Gasteiger partial charge on any atom is 0.251 e. The van der Waals surface area contributed by atoms with Crippen LogP contribution >= 0.6 is 15.9 Å². The number of ketones is 1. The third-order valence-corrected chi connectivity index (χ3v) is 5.31. The topological polar surface area (TPSA) is 46.2 Å². The van der Waals surface area contributed by atoms with Crippen molar-refractivity contribution >= 4 is 27.6 Å². The number of hydrogen-bond acceptors (Lipinski definition) is 2. The second-order valence-corrected chi connectivity index (χ2v) is 7.61. The van der Waals surface area contributed by atoms with Crippen LogP contribution in [0.2, 0.25) is 0 Å². The van der Waals surface area contributed by atoms with Crippen LogP contribution in [0.3, 0.4) is 0 Å². The molecular formula is C21H22BrNO2. The highest BCUT2D eigenvalue weighted by Crippen LogP contribution is 2.33. The van der Waals surface area contributed by atoms with Gasteiger partial charge < -0.3 is 5.32 Å². The maximum absolute atomic E-state index is 12.7. The molecule has 0 bridgehead atoms. The first kappa shape index (κ1) is 17.9. The van der Waals surface area contributed by atoms with Crippen LogP contribution in [-0.4, -0.2) is 11.7 Å². The molecule has 2 aromatic rings. The van der Waals surface area contributed by atoms with Crippen molar-refractivity contribution in [2.45, 2.75) is 38.6 Å². The standard InChI is InChI=1S/C21H22BrNO2/c1-14-9-11-15(12-10-14)21(25)23-20(16-5-4-6-17(22)13-16)18-7-2-3-8-19(18)24/h4-6,9-13,18,20H,2-3,7-8H2,1H3,(H,23,25). The van der Waals surface area contributed by atoms with Crippen molar-refractivity contribution in [3.63, 3.8) is 0 Å². The summed E-state index contributed by atoms with van der Waals surface area (Å²) in [4.78, 5) is 25.2. The zero-order valence-corrected chi connectivity index (χ0v) is 15.9. The number of carbonyl (C=O) groups is 2. The highest BCUT2D eigenvalue weighted by molar-refractivity contribution is 9.10. The minimum Gasteiger partial charge on any atom is -0.345 e. The number of Topliss-reactive ketones (excluding diaryl/α,β-unsaturated/α-hetero) is 1. The van der Waals surface area contributed by atoms with Gasteiger partial charge in [-0.3, -0.25) is 9.59 Å². The number of aryl methyl sites for hydroxylation is 1. The van der Waals surface area contributed by atoms with Gasteiger partial charge in [-0.15, -0.1) is 0 Å². The molecule has 130 valence electrons. The Labute approximate surface area is 157 Å². The molecule has 1 aliphatic carbocycles. The lowest BCUT2D eigenvalue weighted by molar-refractivity contribution is -0.125. The average Bonchev–Trinajstić information content (AvgIpc) is 2.61. The molecule has 1 fully saturated rings. The zero-order chi connectivity index (χ0) is 17.8. The molecule has 2 unspecified atom stereocenters. The maximum atomic E-state index is 12.7. The Morgan fingerprint density at radius 3 is 2.60 bits per heavy atom. The van der Waals surface area contributed by atoms with Gasteiger partial charge in [0.2, 0.25) is 0 Å². The summed E-state index contributed by atoms with van der Waals surface area (Å²) < 4.78 is 0.947. The van der Waals surface area contributed by atoms with Crippen LogP contribution in [0, 0.1) is 12.8 Å². The second-order valence-electron chi connectivity index (χ2n) is 6.69. The summed E-state index contributed by atoms with van der Waals surface area (Å²) in [5, 5.41) is 3.12. The minimum absolute atomic E-state index is 0.136. The molecule has 4 heteroatoms. The van der Waals surface area contributed by atoms with E-state index in [2.05, 4.69) is 21.2 Å². The lowest BCUT2D eigenvalue weighted by atomic mass is 9.80. The van der Waals surface area contributed by atoms with Gasteiger partial charge in [-0.25, -0.2) is 0 Å². The molecule has 3 nitrogen and oxygen atoms in total. The molecule has 0 spiro atoms. The third-order valence-electron chi connectivity index (χ3n) is 4.81. The highest BCUT2D eigenvalue weighted by Gasteiger charge is 2.32. The molecule has 2 atom stereocenters. The predicted octanol–water partition coefficient (Wildman–Crippen LogP) is 4.99. The fraction of sp³-hybridized carbons (Fsp3) is 0.333. The van der Waals surface area contributed by atoms with Crippen LogP contribution in [0.4, 0.5) is 0 Å². The van der Waals surface area contributed by atoms with Crippen LogP contribution in [0.15, 0.2) is 53.0 Å². The number of amides is 1. The molecule has 3 rings (SSSR count). The van der Waals surface area contributed by atoms with E-state index in [1.807, 2.05) is 55.5 Å². The molecule has 0 radical (unpaired) electrons. The van der Waals surface area contributed by atoms with Crippen molar-refractivity contribution in [1.82, 2.24) is 5.32 Å². The van der Waals surface area contributed by atoms with Crippen LogP contribution in [0.25, 0.3) is 0 Å². The van der Waals surface area contributed by atoms with E-state index in [9.17, 15) is 9.59 Å². The highest BCUT2D eigenvalue weighted by atomic mass is 79.9. The van der Waals surface area contributed by atoms with E-state index in [1.54, 1.807) is 0 Å². The van der Waals surface area contributed by atoms with Crippen LogP contribution < -0.4 is 5.32 Å². The molecule has 0 heterocycles. The normalized spacial score (nSPS) is 18.6. The molecule has 0 aromatic heterocycles. The Morgan fingerprint density at radius 1 is 1.16 bits per heavy atom. The summed E-state index contributed by atoms with van der Waals surface area (Å²) in [5.74, 6) is -0.0405. The van der Waals surface area contributed by atoms with E-state index in [0.717, 1.165) is 34.9 Å². The monoisotopic (exact) mass is 399 g/mol. The zero-order valence-electron chi connectivity index (χ0n) is 14.3. The van der Waals surface area contributed by atoms with Crippen molar-refractivity contribution in [2.75, 3.05) is 0 Å². The van der Waals surface area contributed by atoms with E-state index in [1.165, 1.54) is 0 Å². The van der Waals surface area contributed by atoms with E-state index in [4.69, 9.17) is 0 Å². The van der Waals surface area contributed by atoms with Gasteiger partial charge in [-0.1, -0.05) is 52.2 Å². The Kier molecular flexibility index (Phi) is 5.69. The summed E-state index contributed by atoms with van der Waals surface area (Å²) in [6.45, 7) is 1.99. The minimum atomic E-state index is -0.292. The molecule has 0 aliphatic heterocycles. The number of rotatable bonds is 4. The van der Waals surface area contributed by atoms with Gasteiger partial charge in [0.1, 0.15) is 5.78 Å². The Bertz CT molecular complexity index is 770.